The van der Waals surface area contributed by atoms with E-state index in [9.17, 15) is 0 Å². The predicted octanol–water partition coefficient (Wildman–Crippen LogP) is 3.41. The van der Waals surface area contributed by atoms with Crippen LogP contribution in [0.4, 0.5) is 0 Å². The van der Waals surface area contributed by atoms with Gasteiger partial charge in [0, 0.05) is 0 Å². The topological polar surface area (TPSA) is 0 Å². The molecular weight excluding hydrogens is 200 g/mol. The summed E-state index contributed by atoms with van der Waals surface area (Å²) in [5, 5.41) is 0. The predicted molar refractivity (Wildman–Crippen MR) is 52.0 cm³/mol. The fourth-order valence-electron chi connectivity index (χ4n) is 3.98. The summed E-state index contributed by atoms with van der Waals surface area (Å²) in [6.07, 6.45) is 9.62. The molecule has 0 heterocycles. The molecule has 0 aromatic heterocycles. The average Bonchev–Trinajstić information content (AvgIpc) is 1.82. The van der Waals surface area contributed by atoms with E-state index in [0.717, 1.165) is 0 Å². The molecule has 0 N–H and O–H groups in total. The largest absolute Gasteiger partial charge is 0.114 e. The van der Waals surface area contributed by atoms with Gasteiger partial charge in [-0.1, -0.05) is 0 Å². The minimum Gasteiger partial charge on any atom is -0.114 e. The van der Waals surface area contributed by atoms with E-state index in [-0.39, 0.29) is 17.0 Å². The Morgan fingerprint density at radius 1 is 0.455 bits per heavy atom. The highest BCUT2D eigenvalue weighted by atomic mass is 79.9. The van der Waals surface area contributed by atoms with Gasteiger partial charge in [-0.3, -0.25) is 0 Å². The first kappa shape index (κ1) is 8.10. The minimum absolute atomic E-state index is 0. The van der Waals surface area contributed by atoms with Crippen molar-refractivity contribution in [3.05, 3.63) is 0 Å². The van der Waals surface area contributed by atoms with Crippen LogP contribution < -0.4 is 0 Å². The Morgan fingerprint density at radius 2 is 0.636 bits per heavy atom. The zero-order valence-electron chi connectivity index (χ0n) is 6.96. The molecule has 0 nitrogen and oxygen atoms in total. The number of rotatable bonds is 0. The number of halogens is 1. The standard InChI is InChI=1S/C10H16.BrH/c1-7-2-9-4-8(1)5-10(3-7)6-9;/h7-10H,1-6H2;1H. The van der Waals surface area contributed by atoms with E-state index in [1.54, 1.807) is 38.5 Å². The van der Waals surface area contributed by atoms with E-state index in [0.29, 0.717) is 0 Å². The zero-order chi connectivity index (χ0) is 6.55. The minimum atomic E-state index is 0. The van der Waals surface area contributed by atoms with E-state index in [4.69, 9.17) is 0 Å². The first-order valence-electron chi connectivity index (χ1n) is 4.90. The second kappa shape index (κ2) is 2.76. The third kappa shape index (κ3) is 1.26. The molecule has 4 aliphatic carbocycles. The zero-order valence-corrected chi connectivity index (χ0v) is 8.67. The molecular formula is C10H17Br. The van der Waals surface area contributed by atoms with E-state index < -0.39 is 0 Å². The molecule has 4 bridgehead atoms. The summed E-state index contributed by atoms with van der Waals surface area (Å²) < 4.78 is 0. The lowest BCUT2D eigenvalue weighted by Gasteiger charge is -2.49. The lowest BCUT2D eigenvalue weighted by molar-refractivity contribution is 0.0198. The van der Waals surface area contributed by atoms with Crippen LogP contribution in [0.25, 0.3) is 0 Å². The van der Waals surface area contributed by atoms with E-state index >= 15 is 0 Å². The third-order valence-electron chi connectivity index (χ3n) is 4.00. The summed E-state index contributed by atoms with van der Waals surface area (Å²) in [5.41, 5.74) is 0. The van der Waals surface area contributed by atoms with Gasteiger partial charge >= 0.3 is 0 Å². The van der Waals surface area contributed by atoms with Crippen LogP contribution in [0.5, 0.6) is 0 Å². The molecule has 11 heavy (non-hydrogen) atoms. The smallest absolute Gasteiger partial charge is 0.0406 e. The maximum absolute atomic E-state index is 1.60. The highest BCUT2D eigenvalue weighted by Gasteiger charge is 2.41. The third-order valence-corrected chi connectivity index (χ3v) is 4.00. The van der Waals surface area contributed by atoms with Crippen LogP contribution >= 0.6 is 17.0 Å². The Labute approximate surface area is 79.5 Å². The summed E-state index contributed by atoms with van der Waals surface area (Å²) in [5.74, 6) is 4.71. The van der Waals surface area contributed by atoms with Gasteiger partial charge < -0.3 is 0 Å². The Balaban J connectivity index is 0.000000480. The van der Waals surface area contributed by atoms with Crippen molar-refractivity contribution in [2.24, 2.45) is 23.7 Å². The Hall–Kier alpha value is 0.480. The highest BCUT2D eigenvalue weighted by Crippen LogP contribution is 2.53. The quantitative estimate of drug-likeness (QED) is 0.583. The molecule has 0 aromatic carbocycles. The SMILES string of the molecule is Br.C1C2CC3CC1CC(C2)C3. The van der Waals surface area contributed by atoms with Gasteiger partial charge in [-0.2, -0.15) is 0 Å². The Bertz CT molecular complexity index is 96.4. The van der Waals surface area contributed by atoms with Crippen molar-refractivity contribution in [1.29, 1.82) is 0 Å². The first-order valence-corrected chi connectivity index (χ1v) is 4.90. The second-order valence-electron chi connectivity index (χ2n) is 4.88. The molecule has 0 aliphatic heterocycles. The van der Waals surface area contributed by atoms with Crippen molar-refractivity contribution < 1.29 is 0 Å². The van der Waals surface area contributed by atoms with Gasteiger partial charge in [-0.25, -0.2) is 0 Å². The van der Waals surface area contributed by atoms with Crippen LogP contribution in [-0.4, -0.2) is 0 Å². The van der Waals surface area contributed by atoms with Crippen molar-refractivity contribution in [3.8, 4) is 0 Å². The van der Waals surface area contributed by atoms with Crippen LogP contribution in [0, 0.1) is 23.7 Å². The highest BCUT2D eigenvalue weighted by molar-refractivity contribution is 8.93. The molecule has 1 heteroatoms. The summed E-state index contributed by atoms with van der Waals surface area (Å²) in [4.78, 5) is 0. The summed E-state index contributed by atoms with van der Waals surface area (Å²) in [7, 11) is 0. The van der Waals surface area contributed by atoms with Crippen LogP contribution in [0.2, 0.25) is 0 Å². The van der Waals surface area contributed by atoms with Gasteiger partial charge in [0.2, 0.25) is 0 Å². The van der Waals surface area contributed by atoms with Crippen LogP contribution in [0.1, 0.15) is 38.5 Å². The fraction of sp³-hybridized carbons (Fsp3) is 1.00. The maximum atomic E-state index is 1.60. The van der Waals surface area contributed by atoms with Crippen molar-refractivity contribution in [2.75, 3.05) is 0 Å². The molecule has 0 radical (unpaired) electrons. The van der Waals surface area contributed by atoms with Gasteiger partial charge in [-0.05, 0) is 62.2 Å². The molecule has 4 rings (SSSR count). The first-order chi connectivity index (χ1) is 4.90. The molecule has 0 spiro atoms. The molecule has 0 aromatic rings. The van der Waals surface area contributed by atoms with Gasteiger partial charge in [0.25, 0.3) is 0 Å². The van der Waals surface area contributed by atoms with Gasteiger partial charge in [0.05, 0.1) is 0 Å². The second-order valence-corrected chi connectivity index (χ2v) is 4.88. The monoisotopic (exact) mass is 216 g/mol. The van der Waals surface area contributed by atoms with E-state index in [2.05, 4.69) is 0 Å². The Morgan fingerprint density at radius 3 is 0.818 bits per heavy atom. The summed E-state index contributed by atoms with van der Waals surface area (Å²) in [6.45, 7) is 0. The fourth-order valence-corrected chi connectivity index (χ4v) is 3.98. The lowest BCUT2D eigenvalue weighted by atomic mass is 9.56. The molecule has 4 saturated carbocycles. The normalized spacial score (nSPS) is 52.4. The summed E-state index contributed by atoms with van der Waals surface area (Å²) in [6, 6.07) is 0. The van der Waals surface area contributed by atoms with Crippen LogP contribution in [0.3, 0.4) is 0 Å². The van der Waals surface area contributed by atoms with E-state index in [1.165, 1.54) is 23.7 Å². The summed E-state index contributed by atoms with van der Waals surface area (Å²) >= 11 is 0. The lowest BCUT2D eigenvalue weighted by Crippen LogP contribution is -2.38. The molecule has 0 unspecified atom stereocenters. The molecule has 64 valence electrons. The number of hydrogen-bond donors (Lipinski definition) is 0. The van der Waals surface area contributed by atoms with Crippen LogP contribution in [-0.2, 0) is 0 Å². The Kier molecular flexibility index (Phi) is 2.03. The van der Waals surface area contributed by atoms with Crippen molar-refractivity contribution in [1.82, 2.24) is 0 Å². The van der Waals surface area contributed by atoms with Gasteiger partial charge in [0.1, 0.15) is 0 Å². The van der Waals surface area contributed by atoms with Gasteiger partial charge in [-0.15, -0.1) is 17.0 Å². The van der Waals surface area contributed by atoms with Gasteiger partial charge in [0.15, 0.2) is 0 Å². The molecule has 0 amide bonds. The molecule has 0 saturated heterocycles. The van der Waals surface area contributed by atoms with Crippen LogP contribution in [0.15, 0.2) is 0 Å². The molecule has 4 aliphatic rings. The number of hydrogen-bond acceptors (Lipinski definition) is 0. The van der Waals surface area contributed by atoms with Crippen molar-refractivity contribution in [3.63, 3.8) is 0 Å². The van der Waals surface area contributed by atoms with E-state index in [1.807, 2.05) is 0 Å². The maximum Gasteiger partial charge on any atom is -0.0406 e. The molecule has 4 fully saturated rings. The van der Waals surface area contributed by atoms with Crippen molar-refractivity contribution in [2.45, 2.75) is 38.5 Å². The average molecular weight is 217 g/mol. The van der Waals surface area contributed by atoms with Crippen molar-refractivity contribution >= 4 is 17.0 Å². The molecule has 0 atom stereocenters.